The average Bonchev–Trinajstić information content (AvgIpc) is 2.77. The number of hydrogen-bond acceptors (Lipinski definition) is 3. The van der Waals surface area contributed by atoms with Gasteiger partial charge in [-0.15, -0.1) is 0 Å². The molecule has 0 bridgehead atoms. The molecule has 0 saturated carbocycles. The van der Waals surface area contributed by atoms with Crippen LogP contribution < -0.4 is 4.74 Å². The second-order valence-electron chi connectivity index (χ2n) is 4.06. The van der Waals surface area contributed by atoms with E-state index in [1.165, 1.54) is 0 Å². The van der Waals surface area contributed by atoms with Crippen LogP contribution in [-0.4, -0.2) is 20.6 Å². The van der Waals surface area contributed by atoms with Gasteiger partial charge in [0.05, 0.1) is 6.10 Å². The summed E-state index contributed by atoms with van der Waals surface area (Å²) in [6.45, 7) is 6.08. The van der Waals surface area contributed by atoms with E-state index < -0.39 is 0 Å². The minimum Gasteiger partial charge on any atom is -0.487 e. The van der Waals surface area contributed by atoms with Crippen molar-refractivity contribution in [3.63, 3.8) is 0 Å². The average molecular weight is 231 g/mol. The molecule has 0 fully saturated rings. The number of nitrogens with zero attached hydrogens (tertiary/aromatic N) is 3. The maximum Gasteiger partial charge on any atom is 0.181 e. The largest absolute Gasteiger partial charge is 0.487 e. The predicted octanol–water partition coefficient (Wildman–Crippen LogP) is 2.62. The summed E-state index contributed by atoms with van der Waals surface area (Å²) in [6.07, 6.45) is 6.46. The number of hydrogen-bond donors (Lipinski definition) is 0. The molecule has 0 radical (unpaired) electrons. The van der Waals surface area contributed by atoms with Gasteiger partial charge in [0.2, 0.25) is 0 Å². The fourth-order valence-corrected chi connectivity index (χ4v) is 1.70. The lowest BCUT2D eigenvalue weighted by Gasteiger charge is -2.14. The van der Waals surface area contributed by atoms with E-state index in [2.05, 4.69) is 16.9 Å². The quantitative estimate of drug-likeness (QED) is 0.812. The number of pyridine rings is 1. The minimum absolute atomic E-state index is 0.131. The fraction of sp³-hybridized carbons (Fsp3) is 0.385. The first-order chi connectivity index (χ1) is 8.22. The molecule has 4 nitrogen and oxygen atoms in total. The van der Waals surface area contributed by atoms with Crippen LogP contribution in [-0.2, 0) is 6.42 Å². The zero-order chi connectivity index (χ0) is 12.3. The molecular weight excluding hydrogens is 214 g/mol. The van der Waals surface area contributed by atoms with Gasteiger partial charge in [0.15, 0.2) is 11.6 Å². The first-order valence-corrected chi connectivity index (χ1v) is 5.86. The minimum atomic E-state index is 0.131. The van der Waals surface area contributed by atoms with E-state index in [0.29, 0.717) is 0 Å². The van der Waals surface area contributed by atoms with Crippen molar-refractivity contribution in [3.8, 4) is 11.6 Å². The normalized spacial score (nSPS) is 10.8. The summed E-state index contributed by atoms with van der Waals surface area (Å²) in [5.74, 6) is 2.57. The first-order valence-electron chi connectivity index (χ1n) is 5.86. The molecule has 0 aliphatic carbocycles. The van der Waals surface area contributed by atoms with Crippen LogP contribution in [0.1, 0.15) is 26.6 Å². The van der Waals surface area contributed by atoms with Crippen molar-refractivity contribution in [2.24, 2.45) is 0 Å². The highest BCUT2D eigenvalue weighted by Gasteiger charge is 2.11. The molecular formula is C13H17N3O. The molecule has 0 aliphatic heterocycles. The van der Waals surface area contributed by atoms with Crippen LogP contribution in [0.3, 0.4) is 0 Å². The first kappa shape index (κ1) is 11.6. The Balaban J connectivity index is 2.44. The highest BCUT2D eigenvalue weighted by Crippen LogP contribution is 2.22. The van der Waals surface area contributed by atoms with Gasteiger partial charge in [-0.25, -0.2) is 9.97 Å². The Hall–Kier alpha value is -1.84. The molecule has 17 heavy (non-hydrogen) atoms. The van der Waals surface area contributed by atoms with Crippen molar-refractivity contribution in [3.05, 3.63) is 36.5 Å². The highest BCUT2D eigenvalue weighted by atomic mass is 16.5. The molecule has 2 rings (SSSR count). The van der Waals surface area contributed by atoms with Crippen LogP contribution >= 0.6 is 0 Å². The summed E-state index contributed by atoms with van der Waals surface area (Å²) in [6, 6.07) is 3.81. The Labute approximate surface area is 101 Å². The van der Waals surface area contributed by atoms with Crippen LogP contribution in [0.4, 0.5) is 0 Å². The number of aryl methyl sites for hydroxylation is 1. The number of aromatic nitrogens is 3. The van der Waals surface area contributed by atoms with E-state index in [-0.39, 0.29) is 6.10 Å². The Morgan fingerprint density at radius 2 is 2.12 bits per heavy atom. The van der Waals surface area contributed by atoms with Crippen LogP contribution in [0.25, 0.3) is 5.82 Å². The van der Waals surface area contributed by atoms with Crippen molar-refractivity contribution in [1.82, 2.24) is 14.5 Å². The topological polar surface area (TPSA) is 39.9 Å². The fourth-order valence-electron chi connectivity index (χ4n) is 1.70. The van der Waals surface area contributed by atoms with Gasteiger partial charge in [0.1, 0.15) is 5.82 Å². The smallest absolute Gasteiger partial charge is 0.181 e. The van der Waals surface area contributed by atoms with Crippen molar-refractivity contribution in [1.29, 1.82) is 0 Å². The molecule has 2 aromatic heterocycles. The standard InChI is InChI=1S/C13H17N3O/c1-4-12-14-8-9-16(12)13-11(17-10(2)3)6-5-7-15-13/h5-10H,4H2,1-3H3. The number of rotatable bonds is 4. The van der Waals surface area contributed by atoms with Gasteiger partial charge in [0, 0.05) is 25.0 Å². The van der Waals surface area contributed by atoms with Gasteiger partial charge in [-0.05, 0) is 26.0 Å². The van der Waals surface area contributed by atoms with Crippen molar-refractivity contribution < 1.29 is 4.74 Å². The number of ether oxygens (including phenoxy) is 1. The Bertz CT molecular complexity index is 491. The van der Waals surface area contributed by atoms with Crippen LogP contribution in [0, 0.1) is 0 Å². The van der Waals surface area contributed by atoms with Crippen LogP contribution in [0.2, 0.25) is 0 Å². The zero-order valence-corrected chi connectivity index (χ0v) is 10.4. The molecule has 0 unspecified atom stereocenters. The second kappa shape index (κ2) is 4.99. The molecule has 0 aromatic carbocycles. The van der Waals surface area contributed by atoms with E-state index in [0.717, 1.165) is 23.8 Å². The molecule has 0 atom stereocenters. The van der Waals surface area contributed by atoms with E-state index in [1.807, 2.05) is 36.7 Å². The van der Waals surface area contributed by atoms with Crippen molar-refractivity contribution >= 4 is 0 Å². The molecule has 2 heterocycles. The summed E-state index contributed by atoms with van der Waals surface area (Å²) in [5.41, 5.74) is 0. The molecule has 0 aliphatic rings. The lowest BCUT2D eigenvalue weighted by molar-refractivity contribution is 0.240. The summed E-state index contributed by atoms with van der Waals surface area (Å²) < 4.78 is 7.73. The van der Waals surface area contributed by atoms with Crippen LogP contribution in [0.15, 0.2) is 30.7 Å². The Morgan fingerprint density at radius 1 is 1.29 bits per heavy atom. The maximum absolute atomic E-state index is 5.76. The lowest BCUT2D eigenvalue weighted by atomic mass is 10.3. The Kier molecular flexibility index (Phi) is 3.42. The SMILES string of the molecule is CCc1nccn1-c1ncccc1OC(C)C. The molecule has 0 N–H and O–H groups in total. The molecule has 0 amide bonds. The highest BCUT2D eigenvalue weighted by molar-refractivity contribution is 5.41. The van der Waals surface area contributed by atoms with Crippen molar-refractivity contribution in [2.75, 3.05) is 0 Å². The van der Waals surface area contributed by atoms with Gasteiger partial charge < -0.3 is 4.74 Å². The number of imidazole rings is 1. The predicted molar refractivity (Wildman–Crippen MR) is 66.5 cm³/mol. The van der Waals surface area contributed by atoms with Crippen molar-refractivity contribution in [2.45, 2.75) is 33.3 Å². The third kappa shape index (κ3) is 2.46. The lowest BCUT2D eigenvalue weighted by Crippen LogP contribution is -2.10. The zero-order valence-electron chi connectivity index (χ0n) is 10.4. The van der Waals surface area contributed by atoms with Gasteiger partial charge >= 0.3 is 0 Å². The van der Waals surface area contributed by atoms with Crippen LogP contribution in [0.5, 0.6) is 5.75 Å². The van der Waals surface area contributed by atoms with E-state index in [4.69, 9.17) is 4.74 Å². The third-order valence-corrected chi connectivity index (χ3v) is 2.38. The summed E-state index contributed by atoms with van der Waals surface area (Å²) in [5, 5.41) is 0. The monoisotopic (exact) mass is 231 g/mol. The molecule has 0 spiro atoms. The second-order valence-corrected chi connectivity index (χ2v) is 4.06. The summed E-state index contributed by atoms with van der Waals surface area (Å²) >= 11 is 0. The Morgan fingerprint density at radius 3 is 2.82 bits per heavy atom. The van der Waals surface area contributed by atoms with E-state index in [9.17, 15) is 0 Å². The van der Waals surface area contributed by atoms with Gasteiger partial charge in [-0.2, -0.15) is 0 Å². The molecule has 0 saturated heterocycles. The van der Waals surface area contributed by atoms with Gasteiger partial charge in [-0.3, -0.25) is 4.57 Å². The molecule has 4 heteroatoms. The third-order valence-electron chi connectivity index (χ3n) is 2.38. The maximum atomic E-state index is 5.76. The van der Waals surface area contributed by atoms with Gasteiger partial charge in [0.25, 0.3) is 0 Å². The van der Waals surface area contributed by atoms with E-state index in [1.54, 1.807) is 12.4 Å². The van der Waals surface area contributed by atoms with Gasteiger partial charge in [-0.1, -0.05) is 6.92 Å². The summed E-state index contributed by atoms with van der Waals surface area (Å²) in [4.78, 5) is 8.68. The van der Waals surface area contributed by atoms with E-state index >= 15 is 0 Å². The molecule has 2 aromatic rings. The molecule has 90 valence electrons. The summed E-state index contributed by atoms with van der Waals surface area (Å²) in [7, 11) is 0.